The van der Waals surface area contributed by atoms with Crippen molar-refractivity contribution in [2.24, 2.45) is 5.92 Å². The summed E-state index contributed by atoms with van der Waals surface area (Å²) in [5, 5.41) is 28.5. The highest BCUT2D eigenvalue weighted by Gasteiger charge is 2.43. The zero-order valence-corrected chi connectivity index (χ0v) is 15.1. The van der Waals surface area contributed by atoms with E-state index in [-0.39, 0.29) is 17.2 Å². The number of hydrogen-bond acceptors (Lipinski definition) is 7. The molecule has 1 fully saturated rings. The summed E-state index contributed by atoms with van der Waals surface area (Å²) in [5.74, 6) is -0.356. The van der Waals surface area contributed by atoms with Crippen LogP contribution in [0.25, 0.3) is 0 Å². The zero-order chi connectivity index (χ0) is 18.7. The molecule has 4 atom stereocenters. The molecule has 3 N–H and O–H groups in total. The molecule has 0 radical (unpaired) electrons. The van der Waals surface area contributed by atoms with Crippen molar-refractivity contribution in [1.82, 2.24) is 19.7 Å². The number of aliphatic hydroxyl groups is 2. The van der Waals surface area contributed by atoms with Gasteiger partial charge in [0.05, 0.1) is 35.9 Å². The van der Waals surface area contributed by atoms with Gasteiger partial charge in [0.25, 0.3) is 0 Å². The molecular formula is C16H22N4O5S. The number of aromatic nitrogens is 3. The Morgan fingerprint density at radius 3 is 2.69 bits per heavy atom. The third-order valence-corrected chi connectivity index (χ3v) is 5.97. The van der Waals surface area contributed by atoms with Crippen molar-refractivity contribution in [2.75, 3.05) is 7.11 Å². The van der Waals surface area contributed by atoms with Crippen LogP contribution in [-0.4, -0.2) is 59.0 Å². The summed E-state index contributed by atoms with van der Waals surface area (Å²) >= 11 is 0. The maximum Gasteiger partial charge on any atom is 0.240 e. The average Bonchev–Trinajstić information content (AvgIpc) is 3.16. The highest BCUT2D eigenvalue weighted by atomic mass is 32.2. The smallest absolute Gasteiger partial charge is 0.240 e. The van der Waals surface area contributed by atoms with E-state index >= 15 is 0 Å². The van der Waals surface area contributed by atoms with Gasteiger partial charge in [0.15, 0.2) is 0 Å². The number of hydrogen-bond donors (Lipinski definition) is 3. The number of methoxy groups -OCH3 is 1. The minimum absolute atomic E-state index is 0.116. The fraction of sp³-hybridized carbons (Fsp3) is 0.500. The Bertz CT molecular complexity index is 826. The van der Waals surface area contributed by atoms with Gasteiger partial charge < -0.3 is 14.9 Å². The number of sulfonamides is 1. The van der Waals surface area contributed by atoms with E-state index in [9.17, 15) is 18.6 Å². The van der Waals surface area contributed by atoms with E-state index in [2.05, 4.69) is 15.0 Å². The summed E-state index contributed by atoms with van der Waals surface area (Å²) in [6.07, 6.45) is -0.271. The van der Waals surface area contributed by atoms with Gasteiger partial charge in [-0.1, -0.05) is 23.4 Å². The van der Waals surface area contributed by atoms with Crippen LogP contribution >= 0.6 is 0 Å². The van der Waals surface area contributed by atoms with E-state index in [0.29, 0.717) is 18.8 Å². The molecule has 0 unspecified atom stereocenters. The van der Waals surface area contributed by atoms with E-state index in [0.717, 1.165) is 0 Å². The van der Waals surface area contributed by atoms with Gasteiger partial charge in [-0.3, -0.25) is 4.68 Å². The monoisotopic (exact) mass is 382 g/mol. The lowest BCUT2D eigenvalue weighted by molar-refractivity contribution is 0.00972. The molecule has 1 heterocycles. The molecule has 1 aromatic heterocycles. The maximum atomic E-state index is 12.4. The number of benzene rings is 1. The van der Waals surface area contributed by atoms with E-state index in [1.165, 1.54) is 12.1 Å². The lowest BCUT2D eigenvalue weighted by Crippen LogP contribution is -2.43. The molecule has 1 saturated carbocycles. The second-order valence-corrected chi connectivity index (χ2v) is 8.10. The van der Waals surface area contributed by atoms with Crippen LogP contribution in [0.2, 0.25) is 0 Å². The van der Waals surface area contributed by atoms with Crippen molar-refractivity contribution in [3.63, 3.8) is 0 Å². The summed E-state index contributed by atoms with van der Waals surface area (Å²) in [7, 11) is -2.22. The SMILES string of the molecule is COCc1cn(C[C@H]2C[C@@H](NS(=O)(=O)c3ccccc3)[C@H](O)[C@@H]2O)nn1. The molecule has 9 nitrogen and oxygen atoms in total. The van der Waals surface area contributed by atoms with Crippen molar-refractivity contribution in [3.8, 4) is 0 Å². The summed E-state index contributed by atoms with van der Waals surface area (Å²) in [6.45, 7) is 0.647. The second-order valence-electron chi connectivity index (χ2n) is 6.38. The highest BCUT2D eigenvalue weighted by Crippen LogP contribution is 2.29. The zero-order valence-electron chi connectivity index (χ0n) is 14.3. The topological polar surface area (TPSA) is 127 Å². The van der Waals surface area contributed by atoms with Crippen molar-refractivity contribution < 1.29 is 23.4 Å². The third-order valence-electron chi connectivity index (χ3n) is 4.46. The Hall–Kier alpha value is -1.85. The van der Waals surface area contributed by atoms with Crippen LogP contribution < -0.4 is 4.72 Å². The van der Waals surface area contributed by atoms with E-state index < -0.39 is 28.3 Å². The van der Waals surface area contributed by atoms with E-state index in [1.807, 2.05) is 0 Å². The first kappa shape index (κ1) is 18.9. The minimum Gasteiger partial charge on any atom is -0.390 e. The van der Waals surface area contributed by atoms with Gasteiger partial charge in [0.1, 0.15) is 5.69 Å². The molecule has 1 aliphatic rings. The van der Waals surface area contributed by atoms with Crippen LogP contribution in [0.1, 0.15) is 12.1 Å². The molecule has 3 rings (SSSR count). The Labute approximate surface area is 151 Å². The standard InChI is InChI=1S/C16H22N4O5S/c1-25-10-12-9-20(19-17-12)8-11-7-14(16(22)15(11)21)18-26(23,24)13-5-3-2-4-6-13/h2-6,9,11,14-16,18,21-22H,7-8,10H2,1H3/t11-,14-,15-,16+/m1/s1. The molecule has 2 aromatic rings. The third kappa shape index (κ3) is 4.10. The Balaban J connectivity index is 1.67. The lowest BCUT2D eigenvalue weighted by Gasteiger charge is -2.18. The molecule has 0 amide bonds. The van der Waals surface area contributed by atoms with E-state index in [1.54, 1.807) is 36.2 Å². The van der Waals surface area contributed by atoms with Gasteiger partial charge >= 0.3 is 0 Å². The quantitative estimate of drug-likeness (QED) is 0.590. The summed E-state index contributed by atoms with van der Waals surface area (Å²) in [6, 6.07) is 7.15. The largest absolute Gasteiger partial charge is 0.390 e. The van der Waals surface area contributed by atoms with Crippen molar-refractivity contribution in [2.45, 2.75) is 42.7 Å². The first-order valence-corrected chi connectivity index (χ1v) is 9.70. The van der Waals surface area contributed by atoms with Gasteiger partial charge in [-0.25, -0.2) is 13.1 Å². The fourth-order valence-electron chi connectivity index (χ4n) is 3.17. The van der Waals surface area contributed by atoms with Crippen LogP contribution in [0.5, 0.6) is 0 Å². The number of nitrogens with one attached hydrogen (secondary N) is 1. The normalized spacial score (nSPS) is 26.3. The van der Waals surface area contributed by atoms with Crippen LogP contribution in [0, 0.1) is 5.92 Å². The highest BCUT2D eigenvalue weighted by molar-refractivity contribution is 7.89. The molecule has 1 aliphatic carbocycles. The van der Waals surface area contributed by atoms with Gasteiger partial charge in [-0.05, 0) is 18.6 Å². The summed E-state index contributed by atoms with van der Waals surface area (Å²) in [5.41, 5.74) is 0.655. The summed E-state index contributed by atoms with van der Waals surface area (Å²) < 4.78 is 33.9. The molecular weight excluding hydrogens is 360 g/mol. The predicted octanol–water partition coefficient (Wildman–Crippen LogP) is -0.487. The second kappa shape index (κ2) is 7.80. The number of aliphatic hydroxyl groups excluding tert-OH is 2. The first-order valence-electron chi connectivity index (χ1n) is 8.22. The molecule has 0 bridgehead atoms. The van der Waals surface area contributed by atoms with E-state index in [4.69, 9.17) is 4.74 Å². The Morgan fingerprint density at radius 1 is 1.27 bits per heavy atom. The molecule has 0 saturated heterocycles. The molecule has 10 heteroatoms. The number of rotatable bonds is 7. The van der Waals surface area contributed by atoms with Crippen LogP contribution in [0.3, 0.4) is 0 Å². The minimum atomic E-state index is -3.77. The summed E-state index contributed by atoms with van der Waals surface area (Å²) in [4.78, 5) is 0.116. The van der Waals surface area contributed by atoms with Crippen LogP contribution in [0.15, 0.2) is 41.4 Å². The number of nitrogens with zero attached hydrogens (tertiary/aromatic N) is 3. The molecule has 26 heavy (non-hydrogen) atoms. The molecule has 142 valence electrons. The Morgan fingerprint density at radius 2 is 2.00 bits per heavy atom. The van der Waals surface area contributed by atoms with Gasteiger partial charge in [-0.2, -0.15) is 0 Å². The van der Waals surface area contributed by atoms with Gasteiger partial charge in [0.2, 0.25) is 10.0 Å². The van der Waals surface area contributed by atoms with Crippen molar-refractivity contribution >= 4 is 10.0 Å². The van der Waals surface area contributed by atoms with Gasteiger partial charge in [-0.15, -0.1) is 5.10 Å². The van der Waals surface area contributed by atoms with Crippen LogP contribution in [0.4, 0.5) is 0 Å². The van der Waals surface area contributed by atoms with Crippen LogP contribution in [-0.2, 0) is 27.9 Å². The molecule has 0 spiro atoms. The number of ether oxygens (including phenoxy) is 1. The fourth-order valence-corrected chi connectivity index (χ4v) is 4.46. The maximum absolute atomic E-state index is 12.4. The first-order chi connectivity index (χ1) is 12.4. The average molecular weight is 382 g/mol. The molecule has 0 aliphatic heterocycles. The Kier molecular flexibility index (Phi) is 5.68. The van der Waals surface area contributed by atoms with Crippen molar-refractivity contribution in [3.05, 3.63) is 42.2 Å². The van der Waals surface area contributed by atoms with Gasteiger partial charge in [0, 0.05) is 19.6 Å². The lowest BCUT2D eigenvalue weighted by atomic mass is 10.1. The van der Waals surface area contributed by atoms with Crippen molar-refractivity contribution in [1.29, 1.82) is 0 Å². The molecule has 1 aromatic carbocycles. The predicted molar refractivity (Wildman–Crippen MR) is 91.4 cm³/mol.